The highest BCUT2D eigenvalue weighted by Crippen LogP contribution is 2.35. The Bertz CT molecular complexity index is 1010. The Kier molecular flexibility index (Phi) is 2.77. The predicted molar refractivity (Wildman–Crippen MR) is 84.3 cm³/mol. The summed E-state index contributed by atoms with van der Waals surface area (Å²) < 4.78 is 9.06. The molecule has 4 rings (SSSR count). The molecule has 1 aliphatic rings. The quantitative estimate of drug-likeness (QED) is 0.683. The molecule has 0 N–H and O–H groups in total. The van der Waals surface area contributed by atoms with Gasteiger partial charge < -0.3 is 4.90 Å². The first kappa shape index (κ1) is 11.9. The van der Waals surface area contributed by atoms with Gasteiger partial charge in [-0.05, 0) is 12.1 Å². The molecule has 1 unspecified atom stereocenters. The summed E-state index contributed by atoms with van der Waals surface area (Å²) in [7, 11) is 0. The molecule has 0 aliphatic carbocycles. The Morgan fingerprint density at radius 3 is 3.10 bits per heavy atom. The summed E-state index contributed by atoms with van der Waals surface area (Å²) >= 11 is 13.7. The van der Waals surface area contributed by atoms with Gasteiger partial charge in [0.15, 0.2) is 5.49 Å². The average molecular weight is 337 g/mol. The maximum absolute atomic E-state index is 8.18. The van der Waals surface area contributed by atoms with E-state index in [1.807, 2.05) is 12.1 Å². The highest BCUT2D eigenvalue weighted by atomic mass is 35.5. The van der Waals surface area contributed by atoms with Gasteiger partial charge in [0.2, 0.25) is 0 Å². The van der Waals surface area contributed by atoms with Crippen LogP contribution in [0.4, 0.5) is 5.69 Å². The second kappa shape index (κ2) is 4.91. The van der Waals surface area contributed by atoms with Crippen molar-refractivity contribution in [2.24, 2.45) is 4.99 Å². The summed E-state index contributed by atoms with van der Waals surface area (Å²) in [6.07, 6.45) is 3.15. The summed E-state index contributed by atoms with van der Waals surface area (Å²) in [4.78, 5) is 18.3. The van der Waals surface area contributed by atoms with Crippen molar-refractivity contribution in [3.05, 3.63) is 44.9 Å². The van der Waals surface area contributed by atoms with E-state index in [1.54, 1.807) is 16.6 Å². The fourth-order valence-electron chi connectivity index (χ4n) is 2.05. The van der Waals surface area contributed by atoms with Gasteiger partial charge in [0.1, 0.15) is 17.1 Å². The highest BCUT2D eigenvalue weighted by Gasteiger charge is 2.14. The first-order valence-electron chi connectivity index (χ1n) is 6.52. The molecule has 5 nitrogen and oxygen atoms in total. The molecular weight excluding hydrogens is 329 g/mol. The fraction of sp³-hybridized carbons (Fsp3) is 0.0769. The maximum atomic E-state index is 8.18. The van der Waals surface area contributed by atoms with Crippen LogP contribution in [0.1, 0.15) is 1.37 Å². The molecule has 3 heterocycles. The lowest BCUT2D eigenvalue weighted by molar-refractivity contribution is 0.878. The van der Waals surface area contributed by atoms with Crippen LogP contribution in [0.5, 0.6) is 0 Å². The van der Waals surface area contributed by atoms with E-state index in [2.05, 4.69) is 19.9 Å². The van der Waals surface area contributed by atoms with Crippen LogP contribution in [0.25, 0.3) is 16.4 Å². The molecule has 0 bridgehead atoms. The Morgan fingerprint density at radius 1 is 1.29 bits per heavy atom. The number of halogens is 2. The summed E-state index contributed by atoms with van der Waals surface area (Å²) in [6, 6.07) is 3.70. The molecule has 1 atom stereocenters. The van der Waals surface area contributed by atoms with Gasteiger partial charge in [-0.2, -0.15) is 0 Å². The Labute approximate surface area is 134 Å². The SMILES string of the molecule is [2H]C1N=c2nc(Cl)cnc2=CN1c1ccc2ncsc2c1Cl. The first-order chi connectivity index (χ1) is 10.6. The van der Waals surface area contributed by atoms with Crippen LogP contribution in [-0.4, -0.2) is 21.6 Å². The number of nitrogens with zero attached hydrogens (tertiary/aromatic N) is 5. The molecule has 2 aromatic heterocycles. The van der Waals surface area contributed by atoms with Crippen molar-refractivity contribution in [1.29, 1.82) is 0 Å². The Balaban J connectivity index is 1.91. The van der Waals surface area contributed by atoms with Crippen molar-refractivity contribution in [1.82, 2.24) is 15.0 Å². The van der Waals surface area contributed by atoms with Crippen LogP contribution in [0, 0.1) is 0 Å². The standard InChI is InChI=1S/C13H7Cl2N5S/c14-10-3-16-8-4-20(5-17-13(8)19-10)9-2-1-7-12(11(9)15)21-6-18-7/h1-4,6H,5H2/i5D. The summed E-state index contributed by atoms with van der Waals surface area (Å²) in [5.74, 6) is 0. The van der Waals surface area contributed by atoms with E-state index in [0.29, 0.717) is 21.5 Å². The van der Waals surface area contributed by atoms with Crippen LogP contribution in [0.2, 0.25) is 10.2 Å². The summed E-state index contributed by atoms with van der Waals surface area (Å²) in [5, 5.41) is 1.35. The Morgan fingerprint density at radius 2 is 2.19 bits per heavy atom. The number of hydrogen-bond donors (Lipinski definition) is 0. The third kappa shape index (κ3) is 2.16. The number of thiazole rings is 1. The number of benzene rings is 1. The van der Waals surface area contributed by atoms with Gasteiger partial charge in [0, 0.05) is 6.20 Å². The van der Waals surface area contributed by atoms with Crippen molar-refractivity contribution >= 4 is 56.6 Å². The molecule has 1 aromatic carbocycles. The number of hydrogen-bond acceptors (Lipinski definition) is 6. The topological polar surface area (TPSA) is 54.3 Å². The molecule has 0 saturated carbocycles. The molecule has 3 aromatic rings. The van der Waals surface area contributed by atoms with Crippen molar-refractivity contribution in [3.63, 3.8) is 0 Å². The lowest BCUT2D eigenvalue weighted by Gasteiger charge is -2.21. The van der Waals surface area contributed by atoms with Gasteiger partial charge in [-0.1, -0.05) is 23.2 Å². The van der Waals surface area contributed by atoms with Gasteiger partial charge in [-0.25, -0.2) is 19.9 Å². The minimum absolute atomic E-state index is 0.251. The zero-order valence-electron chi connectivity index (χ0n) is 11.4. The molecule has 0 amide bonds. The van der Waals surface area contributed by atoms with E-state index in [4.69, 9.17) is 24.6 Å². The lowest BCUT2D eigenvalue weighted by atomic mass is 10.2. The predicted octanol–water partition coefficient (Wildman–Crippen LogP) is 2.23. The van der Waals surface area contributed by atoms with Crippen LogP contribution < -0.4 is 15.7 Å². The zero-order valence-corrected chi connectivity index (χ0v) is 12.7. The maximum Gasteiger partial charge on any atom is 0.178 e. The van der Waals surface area contributed by atoms with Gasteiger partial charge in [0.05, 0.1) is 34.0 Å². The first-order valence-corrected chi connectivity index (χ1v) is 7.57. The molecule has 8 heteroatoms. The van der Waals surface area contributed by atoms with Gasteiger partial charge in [0.25, 0.3) is 0 Å². The van der Waals surface area contributed by atoms with Crippen LogP contribution in [-0.2, 0) is 0 Å². The number of anilines is 1. The second-order valence-electron chi connectivity index (χ2n) is 4.28. The van der Waals surface area contributed by atoms with E-state index in [0.717, 1.165) is 10.2 Å². The van der Waals surface area contributed by atoms with E-state index >= 15 is 0 Å². The van der Waals surface area contributed by atoms with Gasteiger partial charge >= 0.3 is 0 Å². The number of fused-ring (bicyclic) bond motifs is 2. The molecule has 21 heavy (non-hydrogen) atoms. The van der Waals surface area contributed by atoms with Crippen molar-refractivity contribution in [2.45, 2.75) is 0 Å². The molecule has 0 saturated heterocycles. The molecule has 1 aliphatic heterocycles. The van der Waals surface area contributed by atoms with Crippen molar-refractivity contribution in [2.75, 3.05) is 11.5 Å². The van der Waals surface area contributed by atoms with E-state index in [1.165, 1.54) is 17.5 Å². The molecule has 104 valence electrons. The van der Waals surface area contributed by atoms with E-state index < -0.39 is 6.64 Å². The highest BCUT2D eigenvalue weighted by molar-refractivity contribution is 7.17. The van der Waals surface area contributed by atoms with Crippen molar-refractivity contribution in [3.8, 4) is 0 Å². The second-order valence-corrected chi connectivity index (χ2v) is 5.90. The third-order valence-corrected chi connectivity index (χ3v) is 4.55. The number of rotatable bonds is 1. The molecular formula is C13H7Cl2N5S. The van der Waals surface area contributed by atoms with Crippen molar-refractivity contribution < 1.29 is 1.37 Å². The average Bonchev–Trinajstić information content (AvgIpc) is 2.97. The smallest absolute Gasteiger partial charge is 0.178 e. The monoisotopic (exact) mass is 336 g/mol. The van der Waals surface area contributed by atoms with Gasteiger partial charge in [-0.15, -0.1) is 11.3 Å². The summed E-state index contributed by atoms with van der Waals surface area (Å²) in [6.45, 7) is -0.900. The molecule has 0 fully saturated rings. The molecule has 0 radical (unpaired) electrons. The number of aromatic nitrogens is 3. The lowest BCUT2D eigenvalue weighted by Crippen LogP contribution is -2.40. The Hall–Kier alpha value is -1.76. The summed E-state index contributed by atoms with van der Waals surface area (Å²) in [5.41, 5.74) is 3.62. The van der Waals surface area contributed by atoms with Gasteiger partial charge in [-0.3, -0.25) is 0 Å². The zero-order chi connectivity index (χ0) is 15.3. The van der Waals surface area contributed by atoms with E-state index in [9.17, 15) is 0 Å². The van der Waals surface area contributed by atoms with Crippen LogP contribution >= 0.6 is 34.5 Å². The van der Waals surface area contributed by atoms with Crippen LogP contribution in [0.3, 0.4) is 0 Å². The molecule has 0 spiro atoms. The largest absolute Gasteiger partial charge is 0.324 e. The third-order valence-electron chi connectivity index (χ3n) is 3.01. The van der Waals surface area contributed by atoms with E-state index in [-0.39, 0.29) is 5.15 Å². The normalized spacial score (nSPS) is 17.9. The van der Waals surface area contributed by atoms with Crippen LogP contribution in [0.15, 0.2) is 28.8 Å². The fourth-order valence-corrected chi connectivity index (χ4v) is 3.29. The minimum atomic E-state index is -0.900. The minimum Gasteiger partial charge on any atom is -0.324 e.